The Labute approximate surface area is 122 Å². The highest BCUT2D eigenvalue weighted by Gasteiger charge is 2.29. The van der Waals surface area contributed by atoms with Crippen LogP contribution >= 0.6 is 0 Å². The maximum absolute atomic E-state index is 11.1. The summed E-state index contributed by atoms with van der Waals surface area (Å²) in [6.07, 6.45) is 1.77. The molecule has 2 aromatic rings. The zero-order chi connectivity index (χ0) is 14.8. The van der Waals surface area contributed by atoms with Crippen LogP contribution in [0.5, 0.6) is 0 Å². The number of aromatic nitrogens is 3. The molecule has 7 nitrogen and oxygen atoms in total. The van der Waals surface area contributed by atoms with E-state index in [-0.39, 0.29) is 11.6 Å². The third kappa shape index (κ3) is 3.20. The number of hydrogen-bond acceptors (Lipinski definition) is 6. The first-order valence-corrected chi connectivity index (χ1v) is 7.02. The fraction of sp³-hybridized carbons (Fsp3) is 0.500. The van der Waals surface area contributed by atoms with E-state index in [0.29, 0.717) is 11.7 Å². The Kier molecular flexibility index (Phi) is 3.85. The molecule has 0 spiro atoms. The molecule has 1 saturated heterocycles. The molecule has 1 atom stereocenters. The number of piperazine rings is 1. The minimum absolute atomic E-state index is 0.0728. The summed E-state index contributed by atoms with van der Waals surface area (Å²) in [5.41, 5.74) is 1.02. The van der Waals surface area contributed by atoms with Crippen molar-refractivity contribution in [2.24, 2.45) is 0 Å². The summed E-state index contributed by atoms with van der Waals surface area (Å²) in [6.45, 7) is 5.37. The molecule has 0 bridgehead atoms. The van der Waals surface area contributed by atoms with Crippen LogP contribution in [0.4, 0.5) is 0 Å². The number of aryl methyl sites for hydroxylation is 1. The topological polar surface area (TPSA) is 78.3 Å². The first-order chi connectivity index (χ1) is 10.1. The van der Waals surface area contributed by atoms with Gasteiger partial charge in [0, 0.05) is 38.4 Å². The highest BCUT2D eigenvalue weighted by molar-refractivity contribution is 5.09. The van der Waals surface area contributed by atoms with Crippen LogP contribution in [0.25, 0.3) is 0 Å². The van der Waals surface area contributed by atoms with Gasteiger partial charge in [0.25, 0.3) is 0 Å². The van der Waals surface area contributed by atoms with Crippen molar-refractivity contribution in [3.63, 3.8) is 0 Å². The quantitative estimate of drug-likeness (QED) is 0.889. The maximum Gasteiger partial charge on any atom is 0.247 e. The van der Waals surface area contributed by atoms with E-state index in [0.717, 1.165) is 31.7 Å². The van der Waals surface area contributed by atoms with E-state index in [1.54, 1.807) is 12.3 Å². The summed E-state index contributed by atoms with van der Waals surface area (Å²) < 4.78 is 5.31. The monoisotopic (exact) mass is 289 g/mol. The van der Waals surface area contributed by atoms with Gasteiger partial charge in [-0.3, -0.25) is 14.6 Å². The van der Waals surface area contributed by atoms with Gasteiger partial charge in [-0.2, -0.15) is 4.98 Å². The fourth-order valence-electron chi connectivity index (χ4n) is 2.59. The molecule has 0 amide bonds. The molecule has 21 heavy (non-hydrogen) atoms. The molecular weight excluding hydrogens is 270 g/mol. The van der Waals surface area contributed by atoms with E-state index in [1.165, 1.54) is 0 Å². The molecule has 0 unspecified atom stereocenters. The largest absolute Gasteiger partial charge is 0.338 e. The number of likely N-dealkylation sites (N-methyl/N-ethyl adjacent to an activating group) is 1. The van der Waals surface area contributed by atoms with E-state index in [9.17, 15) is 4.79 Å². The van der Waals surface area contributed by atoms with E-state index < -0.39 is 0 Å². The van der Waals surface area contributed by atoms with Gasteiger partial charge in [-0.25, -0.2) is 0 Å². The van der Waals surface area contributed by atoms with E-state index in [2.05, 4.69) is 32.0 Å². The van der Waals surface area contributed by atoms with Crippen LogP contribution in [0.2, 0.25) is 0 Å². The lowest BCUT2D eigenvalue weighted by Gasteiger charge is -2.37. The van der Waals surface area contributed by atoms with Gasteiger partial charge >= 0.3 is 0 Å². The molecule has 112 valence electrons. The second-order valence-electron chi connectivity index (χ2n) is 5.47. The number of pyridine rings is 1. The summed E-state index contributed by atoms with van der Waals surface area (Å²) in [4.78, 5) is 22.7. The SMILES string of the molecule is Cc1noc([C@H]2CN(Cc3ccc(=O)[nH]c3)CCN2C)n1. The Morgan fingerprint density at radius 3 is 2.95 bits per heavy atom. The number of H-pyrrole nitrogens is 1. The smallest absolute Gasteiger partial charge is 0.247 e. The van der Waals surface area contributed by atoms with Gasteiger partial charge in [-0.15, -0.1) is 0 Å². The lowest BCUT2D eigenvalue weighted by Crippen LogP contribution is -2.46. The van der Waals surface area contributed by atoms with Gasteiger partial charge in [0.05, 0.1) is 0 Å². The number of aromatic amines is 1. The number of rotatable bonds is 3. The minimum Gasteiger partial charge on any atom is -0.338 e. The van der Waals surface area contributed by atoms with Gasteiger partial charge in [0.15, 0.2) is 5.82 Å². The molecule has 1 aliphatic rings. The molecule has 3 rings (SSSR count). The molecule has 0 aliphatic carbocycles. The Morgan fingerprint density at radius 2 is 2.29 bits per heavy atom. The molecule has 7 heteroatoms. The zero-order valence-electron chi connectivity index (χ0n) is 12.2. The number of hydrogen-bond donors (Lipinski definition) is 1. The highest BCUT2D eigenvalue weighted by Crippen LogP contribution is 2.23. The lowest BCUT2D eigenvalue weighted by atomic mass is 10.1. The molecule has 1 N–H and O–H groups in total. The first-order valence-electron chi connectivity index (χ1n) is 7.02. The Balaban J connectivity index is 1.70. The Hall–Kier alpha value is -1.99. The standard InChI is InChI=1S/C14H19N5O2/c1-10-16-14(21-17-10)12-9-19(6-5-18(12)2)8-11-3-4-13(20)15-7-11/h3-4,7,12H,5-6,8-9H2,1-2H3,(H,15,20)/t12-/m1/s1. The van der Waals surface area contributed by atoms with Gasteiger partial charge in [-0.05, 0) is 19.5 Å². The minimum atomic E-state index is -0.0728. The van der Waals surface area contributed by atoms with Crippen molar-refractivity contribution >= 4 is 0 Å². The van der Waals surface area contributed by atoms with Crippen LogP contribution in [0, 0.1) is 6.92 Å². The van der Waals surface area contributed by atoms with Crippen molar-refractivity contribution in [1.82, 2.24) is 24.9 Å². The zero-order valence-corrected chi connectivity index (χ0v) is 12.2. The predicted octanol–water partition coefficient (Wildman–Crippen LogP) is 0.555. The van der Waals surface area contributed by atoms with Crippen molar-refractivity contribution in [1.29, 1.82) is 0 Å². The van der Waals surface area contributed by atoms with Crippen LogP contribution < -0.4 is 5.56 Å². The van der Waals surface area contributed by atoms with Crippen LogP contribution in [-0.2, 0) is 6.54 Å². The van der Waals surface area contributed by atoms with Crippen LogP contribution in [0.3, 0.4) is 0 Å². The molecular formula is C14H19N5O2. The Morgan fingerprint density at radius 1 is 1.43 bits per heavy atom. The van der Waals surface area contributed by atoms with E-state index in [4.69, 9.17) is 4.52 Å². The summed E-state index contributed by atoms with van der Waals surface area (Å²) >= 11 is 0. The van der Waals surface area contributed by atoms with Crippen molar-refractivity contribution in [3.8, 4) is 0 Å². The summed E-state index contributed by atoms with van der Waals surface area (Å²) in [7, 11) is 2.07. The average Bonchev–Trinajstić information content (AvgIpc) is 2.90. The van der Waals surface area contributed by atoms with Crippen molar-refractivity contribution in [3.05, 3.63) is 46.0 Å². The molecule has 0 aromatic carbocycles. The summed E-state index contributed by atoms with van der Waals surface area (Å²) in [5, 5.41) is 3.87. The van der Waals surface area contributed by atoms with E-state index >= 15 is 0 Å². The van der Waals surface area contributed by atoms with Gasteiger partial charge in [0.1, 0.15) is 6.04 Å². The highest BCUT2D eigenvalue weighted by atomic mass is 16.5. The van der Waals surface area contributed by atoms with Crippen LogP contribution in [-0.4, -0.2) is 51.6 Å². The molecule has 1 aliphatic heterocycles. The second kappa shape index (κ2) is 5.79. The number of nitrogens with zero attached hydrogens (tertiary/aromatic N) is 4. The molecule has 0 saturated carbocycles. The second-order valence-corrected chi connectivity index (χ2v) is 5.47. The van der Waals surface area contributed by atoms with Crippen LogP contribution in [0.15, 0.2) is 27.6 Å². The normalized spacial score (nSPS) is 20.8. The maximum atomic E-state index is 11.1. The molecule has 0 radical (unpaired) electrons. The van der Waals surface area contributed by atoms with Crippen LogP contribution in [0.1, 0.15) is 23.3 Å². The van der Waals surface area contributed by atoms with Gasteiger partial charge < -0.3 is 9.51 Å². The first kappa shape index (κ1) is 14.0. The predicted molar refractivity (Wildman–Crippen MR) is 76.7 cm³/mol. The summed E-state index contributed by atoms with van der Waals surface area (Å²) in [6, 6.07) is 3.54. The Bertz CT molecular complexity index is 645. The average molecular weight is 289 g/mol. The molecule has 3 heterocycles. The van der Waals surface area contributed by atoms with Crippen molar-refractivity contribution in [2.75, 3.05) is 26.7 Å². The number of nitrogens with one attached hydrogen (secondary N) is 1. The molecule has 1 fully saturated rings. The van der Waals surface area contributed by atoms with Gasteiger partial charge in [0.2, 0.25) is 11.4 Å². The third-order valence-corrected chi connectivity index (χ3v) is 3.82. The van der Waals surface area contributed by atoms with E-state index in [1.807, 2.05) is 13.0 Å². The van der Waals surface area contributed by atoms with Crippen molar-refractivity contribution < 1.29 is 4.52 Å². The van der Waals surface area contributed by atoms with Crippen molar-refractivity contribution in [2.45, 2.75) is 19.5 Å². The third-order valence-electron chi connectivity index (χ3n) is 3.82. The summed E-state index contributed by atoms with van der Waals surface area (Å²) in [5.74, 6) is 1.33. The molecule has 2 aromatic heterocycles. The fourth-order valence-corrected chi connectivity index (χ4v) is 2.59. The van der Waals surface area contributed by atoms with Gasteiger partial charge in [-0.1, -0.05) is 11.2 Å². The lowest BCUT2D eigenvalue weighted by molar-refractivity contribution is 0.0714.